The number of nitrogens with zero attached hydrogens (tertiary/aromatic N) is 1. The lowest BCUT2D eigenvalue weighted by Gasteiger charge is -2.27. The van der Waals surface area contributed by atoms with Crippen LogP contribution in [0, 0.1) is 0 Å². The Morgan fingerprint density at radius 2 is 1.63 bits per heavy atom. The highest BCUT2D eigenvalue weighted by atomic mass is 32.1. The molecule has 2 aromatic carbocycles. The van der Waals surface area contributed by atoms with Gasteiger partial charge in [0, 0.05) is 0 Å². The molecule has 5 nitrogen and oxygen atoms in total. The number of phenolic OH excluding ortho intramolecular Hbond substituents is 1. The highest BCUT2D eigenvalue weighted by Gasteiger charge is 2.45. The minimum atomic E-state index is -0.832. The summed E-state index contributed by atoms with van der Waals surface area (Å²) in [6.07, 6.45) is 0. The van der Waals surface area contributed by atoms with Gasteiger partial charge in [-0.1, -0.05) is 48.5 Å². The molecule has 6 heteroatoms. The van der Waals surface area contributed by atoms with Crippen molar-refractivity contribution in [2.45, 2.75) is 6.04 Å². The molecule has 0 saturated carbocycles. The lowest BCUT2D eigenvalue weighted by molar-refractivity contribution is -0.117. The maximum atomic E-state index is 13.1. The monoisotopic (exact) mass is 377 g/mol. The molecule has 0 saturated heterocycles. The lowest BCUT2D eigenvalue weighted by Crippen LogP contribution is -2.31. The summed E-state index contributed by atoms with van der Waals surface area (Å²) in [7, 11) is 0. The molecule has 0 radical (unpaired) electrons. The van der Waals surface area contributed by atoms with Gasteiger partial charge in [-0.25, -0.2) is 0 Å². The lowest BCUT2D eigenvalue weighted by atomic mass is 9.95. The predicted octanol–water partition coefficient (Wildman–Crippen LogP) is 4.24. The molecule has 1 atom stereocenters. The van der Waals surface area contributed by atoms with Gasteiger partial charge in [-0.15, -0.1) is 11.3 Å². The van der Waals surface area contributed by atoms with Crippen LogP contribution in [0.3, 0.4) is 0 Å². The van der Waals surface area contributed by atoms with Crippen molar-refractivity contribution >= 4 is 28.7 Å². The molecule has 3 aromatic rings. The predicted molar refractivity (Wildman–Crippen MR) is 103 cm³/mol. The second-order valence-electron chi connectivity index (χ2n) is 6.05. The quantitative estimate of drug-likeness (QED) is 0.667. The van der Waals surface area contributed by atoms with Gasteiger partial charge >= 0.3 is 0 Å². The molecule has 0 bridgehead atoms. The van der Waals surface area contributed by atoms with Crippen molar-refractivity contribution in [3.8, 4) is 5.75 Å². The Hall–Kier alpha value is -3.38. The number of anilines is 1. The zero-order chi connectivity index (χ0) is 19.0. The van der Waals surface area contributed by atoms with Crippen LogP contribution in [0.25, 0.3) is 0 Å². The smallest absolute Gasteiger partial charge is 0.294 e. The standard InChI is InChI=1S/C21H15NO4S/c23-15-10-5-4-9-14(15)22-18(13-7-2-1-3-8-13)17(20(25)21(22)26)19(24)16-11-6-12-27-16/h1-12,18,23,25H. The molecule has 1 aliphatic rings. The van der Waals surface area contributed by atoms with Crippen LogP contribution in [0.4, 0.5) is 5.69 Å². The number of carbonyl (C=O) groups is 2. The van der Waals surface area contributed by atoms with Crippen molar-refractivity contribution in [1.29, 1.82) is 0 Å². The van der Waals surface area contributed by atoms with E-state index < -0.39 is 23.5 Å². The first-order valence-corrected chi connectivity index (χ1v) is 9.15. The number of amides is 1. The van der Waals surface area contributed by atoms with E-state index in [1.807, 2.05) is 6.07 Å². The summed E-state index contributed by atoms with van der Waals surface area (Å²) < 4.78 is 0. The molecular formula is C21H15NO4S. The van der Waals surface area contributed by atoms with Gasteiger partial charge in [-0.3, -0.25) is 14.5 Å². The first-order chi connectivity index (χ1) is 13.1. The average Bonchev–Trinajstić information content (AvgIpc) is 3.31. The molecule has 1 unspecified atom stereocenters. The summed E-state index contributed by atoms with van der Waals surface area (Å²) >= 11 is 1.24. The Morgan fingerprint density at radius 3 is 2.30 bits per heavy atom. The number of aliphatic hydroxyl groups is 1. The van der Waals surface area contributed by atoms with Gasteiger partial charge in [-0.05, 0) is 29.1 Å². The fourth-order valence-electron chi connectivity index (χ4n) is 3.24. The van der Waals surface area contributed by atoms with Crippen LogP contribution >= 0.6 is 11.3 Å². The number of carbonyl (C=O) groups excluding carboxylic acids is 2. The van der Waals surface area contributed by atoms with Crippen LogP contribution in [-0.4, -0.2) is 21.9 Å². The topological polar surface area (TPSA) is 77.8 Å². The van der Waals surface area contributed by atoms with E-state index in [0.29, 0.717) is 10.4 Å². The van der Waals surface area contributed by atoms with E-state index in [4.69, 9.17) is 0 Å². The van der Waals surface area contributed by atoms with Crippen LogP contribution in [0.1, 0.15) is 21.3 Å². The number of aliphatic hydroxyl groups excluding tert-OH is 1. The summed E-state index contributed by atoms with van der Waals surface area (Å²) in [5.41, 5.74) is 0.909. The number of para-hydroxylation sites is 2. The van der Waals surface area contributed by atoms with Gasteiger partial charge in [0.2, 0.25) is 5.78 Å². The molecule has 1 aromatic heterocycles. The summed E-state index contributed by atoms with van der Waals surface area (Å²) in [5, 5.41) is 22.6. The Bertz CT molecular complexity index is 1040. The van der Waals surface area contributed by atoms with Crippen molar-refractivity contribution in [3.05, 3.63) is 93.9 Å². The van der Waals surface area contributed by atoms with Crippen molar-refractivity contribution < 1.29 is 19.8 Å². The number of rotatable bonds is 4. The molecule has 0 fully saturated rings. The molecular weight excluding hydrogens is 362 g/mol. The van der Waals surface area contributed by atoms with Gasteiger partial charge in [0.25, 0.3) is 5.91 Å². The number of Topliss-reactive ketones (excluding diaryl/α,β-unsaturated/α-hetero) is 1. The van der Waals surface area contributed by atoms with Crippen LogP contribution in [0.5, 0.6) is 5.75 Å². The van der Waals surface area contributed by atoms with Crippen molar-refractivity contribution in [2.24, 2.45) is 0 Å². The third-order valence-electron chi connectivity index (χ3n) is 4.45. The van der Waals surface area contributed by atoms with Crippen molar-refractivity contribution in [3.63, 3.8) is 0 Å². The Kier molecular flexibility index (Phi) is 4.25. The van der Waals surface area contributed by atoms with Crippen LogP contribution in [0.15, 0.2) is 83.4 Å². The molecule has 134 valence electrons. The molecule has 27 heavy (non-hydrogen) atoms. The molecule has 4 rings (SSSR count). The van der Waals surface area contributed by atoms with E-state index in [9.17, 15) is 19.8 Å². The van der Waals surface area contributed by atoms with E-state index in [0.717, 1.165) is 0 Å². The Labute approximate surface area is 159 Å². The zero-order valence-electron chi connectivity index (χ0n) is 14.1. The van der Waals surface area contributed by atoms with E-state index >= 15 is 0 Å². The molecule has 1 aliphatic heterocycles. The molecule has 2 N–H and O–H groups in total. The molecule has 2 heterocycles. The van der Waals surface area contributed by atoms with Gasteiger partial charge < -0.3 is 10.2 Å². The van der Waals surface area contributed by atoms with Gasteiger partial charge in [0.1, 0.15) is 5.75 Å². The molecule has 0 spiro atoms. The minimum Gasteiger partial charge on any atom is -0.506 e. The zero-order valence-corrected chi connectivity index (χ0v) is 14.9. The highest BCUT2D eigenvalue weighted by Crippen LogP contribution is 2.44. The Balaban J connectivity index is 1.91. The third-order valence-corrected chi connectivity index (χ3v) is 5.32. The number of aromatic hydroxyl groups is 1. The minimum absolute atomic E-state index is 0.0110. The van der Waals surface area contributed by atoms with E-state index in [-0.39, 0.29) is 17.0 Å². The molecule has 0 aliphatic carbocycles. The van der Waals surface area contributed by atoms with Gasteiger partial charge in [0.15, 0.2) is 5.76 Å². The second-order valence-corrected chi connectivity index (χ2v) is 6.99. The first kappa shape index (κ1) is 17.1. The number of thiophene rings is 1. The third kappa shape index (κ3) is 2.80. The molecule has 1 amide bonds. The SMILES string of the molecule is O=C(C1=C(O)C(=O)N(c2ccccc2O)C1c1ccccc1)c1cccs1. The van der Waals surface area contributed by atoms with Crippen LogP contribution < -0.4 is 4.90 Å². The number of hydrogen-bond acceptors (Lipinski definition) is 5. The van der Waals surface area contributed by atoms with Crippen molar-refractivity contribution in [1.82, 2.24) is 0 Å². The summed E-state index contributed by atoms with van der Waals surface area (Å²) in [5.74, 6) is -1.82. The Morgan fingerprint density at radius 1 is 0.926 bits per heavy atom. The van der Waals surface area contributed by atoms with Crippen LogP contribution in [0.2, 0.25) is 0 Å². The fraction of sp³-hybridized carbons (Fsp3) is 0.0476. The van der Waals surface area contributed by atoms with E-state index in [2.05, 4.69) is 0 Å². The van der Waals surface area contributed by atoms with E-state index in [1.165, 1.54) is 22.3 Å². The summed E-state index contributed by atoms with van der Waals surface area (Å²) in [6, 6.07) is 17.9. The number of hydrogen-bond donors (Lipinski definition) is 2. The summed E-state index contributed by atoms with van der Waals surface area (Å²) in [4.78, 5) is 27.6. The van der Waals surface area contributed by atoms with E-state index in [1.54, 1.807) is 60.0 Å². The van der Waals surface area contributed by atoms with Gasteiger partial charge in [0.05, 0.1) is 22.2 Å². The largest absolute Gasteiger partial charge is 0.506 e. The maximum Gasteiger partial charge on any atom is 0.294 e. The summed E-state index contributed by atoms with van der Waals surface area (Å²) in [6.45, 7) is 0. The van der Waals surface area contributed by atoms with Crippen LogP contribution in [-0.2, 0) is 4.79 Å². The normalized spacial score (nSPS) is 16.8. The highest BCUT2D eigenvalue weighted by molar-refractivity contribution is 7.12. The number of phenols is 1. The van der Waals surface area contributed by atoms with Gasteiger partial charge in [-0.2, -0.15) is 0 Å². The number of benzene rings is 2. The second kappa shape index (κ2) is 6.74. The van der Waals surface area contributed by atoms with Crippen molar-refractivity contribution in [2.75, 3.05) is 4.90 Å². The number of ketones is 1. The fourth-order valence-corrected chi connectivity index (χ4v) is 3.92. The maximum absolute atomic E-state index is 13.1. The first-order valence-electron chi connectivity index (χ1n) is 8.27. The average molecular weight is 377 g/mol.